The number of halogens is 2. The van der Waals surface area contributed by atoms with Crippen molar-refractivity contribution in [3.05, 3.63) is 34.1 Å². The fourth-order valence-corrected chi connectivity index (χ4v) is 3.30. The molecular formula is C16H23BrFNO2. The first kappa shape index (κ1) is 16.9. The third-order valence-corrected chi connectivity index (χ3v) is 5.50. The number of ether oxygens (including phenoxy) is 1. The summed E-state index contributed by atoms with van der Waals surface area (Å²) in [4.78, 5) is 2.29. The number of morpholine rings is 1. The Hall–Kier alpha value is -0.490. The number of hydrogen-bond donors (Lipinski definition) is 1. The first-order valence-electron chi connectivity index (χ1n) is 7.42. The second-order valence-corrected chi connectivity index (χ2v) is 6.54. The van der Waals surface area contributed by atoms with Gasteiger partial charge in [-0.1, -0.05) is 19.1 Å². The van der Waals surface area contributed by atoms with Crippen LogP contribution in [0.1, 0.15) is 25.8 Å². The van der Waals surface area contributed by atoms with Gasteiger partial charge in [0, 0.05) is 25.0 Å². The van der Waals surface area contributed by atoms with Crippen molar-refractivity contribution in [2.45, 2.75) is 38.3 Å². The molecule has 0 bridgehead atoms. The fraction of sp³-hybridized carbons (Fsp3) is 0.625. The normalized spacial score (nSPS) is 21.0. The van der Waals surface area contributed by atoms with Crippen LogP contribution in [0.5, 0.6) is 0 Å². The molecule has 0 spiro atoms. The van der Waals surface area contributed by atoms with E-state index in [2.05, 4.69) is 34.7 Å². The first-order valence-corrected chi connectivity index (χ1v) is 8.22. The number of nitrogens with zero attached hydrogens (tertiary/aromatic N) is 1. The van der Waals surface area contributed by atoms with Gasteiger partial charge >= 0.3 is 0 Å². The van der Waals surface area contributed by atoms with E-state index < -0.39 is 6.10 Å². The van der Waals surface area contributed by atoms with Crippen LogP contribution in [0.15, 0.2) is 22.7 Å². The highest BCUT2D eigenvalue weighted by Gasteiger charge is 2.38. The fourth-order valence-electron chi connectivity index (χ4n) is 2.88. The number of hydrogen-bond acceptors (Lipinski definition) is 3. The van der Waals surface area contributed by atoms with Crippen molar-refractivity contribution >= 4 is 15.9 Å². The van der Waals surface area contributed by atoms with Crippen molar-refractivity contribution in [3.8, 4) is 0 Å². The van der Waals surface area contributed by atoms with Crippen LogP contribution >= 0.6 is 15.9 Å². The molecule has 3 nitrogen and oxygen atoms in total. The molecule has 21 heavy (non-hydrogen) atoms. The molecule has 2 unspecified atom stereocenters. The minimum Gasteiger partial charge on any atom is -0.391 e. The van der Waals surface area contributed by atoms with Crippen LogP contribution in [0.25, 0.3) is 0 Å². The second kappa shape index (κ2) is 7.18. The van der Waals surface area contributed by atoms with Crippen LogP contribution < -0.4 is 0 Å². The van der Waals surface area contributed by atoms with E-state index in [-0.39, 0.29) is 11.4 Å². The molecule has 2 atom stereocenters. The Morgan fingerprint density at radius 2 is 2.10 bits per heavy atom. The molecule has 5 heteroatoms. The molecule has 1 aromatic rings. The van der Waals surface area contributed by atoms with Crippen LogP contribution in [0.2, 0.25) is 0 Å². The van der Waals surface area contributed by atoms with E-state index in [0.717, 1.165) is 25.1 Å². The van der Waals surface area contributed by atoms with Gasteiger partial charge in [-0.25, -0.2) is 4.39 Å². The average molecular weight is 360 g/mol. The van der Waals surface area contributed by atoms with Gasteiger partial charge < -0.3 is 9.84 Å². The maximum atomic E-state index is 13.6. The number of aliphatic hydroxyl groups is 1. The van der Waals surface area contributed by atoms with Crippen LogP contribution in [-0.2, 0) is 11.2 Å². The van der Waals surface area contributed by atoms with Gasteiger partial charge in [-0.05, 0) is 40.9 Å². The monoisotopic (exact) mass is 359 g/mol. The Labute approximate surface area is 134 Å². The van der Waals surface area contributed by atoms with Crippen molar-refractivity contribution in [2.75, 3.05) is 26.3 Å². The minimum absolute atomic E-state index is 0.288. The first-order chi connectivity index (χ1) is 9.99. The predicted octanol–water partition coefficient (Wildman–Crippen LogP) is 2.99. The van der Waals surface area contributed by atoms with E-state index >= 15 is 0 Å². The maximum absolute atomic E-state index is 13.6. The lowest BCUT2D eigenvalue weighted by Crippen LogP contribution is -2.58. The van der Waals surface area contributed by atoms with Gasteiger partial charge in [-0.15, -0.1) is 0 Å². The maximum Gasteiger partial charge on any atom is 0.137 e. The molecule has 118 valence electrons. The molecular weight excluding hydrogens is 337 g/mol. The summed E-state index contributed by atoms with van der Waals surface area (Å²) in [6.07, 6.45) is 0.708. The molecule has 1 N–H and O–H groups in total. The zero-order valence-electron chi connectivity index (χ0n) is 12.6. The highest BCUT2D eigenvalue weighted by molar-refractivity contribution is 9.10. The summed E-state index contributed by atoms with van der Waals surface area (Å²) in [5, 5.41) is 10.8. The Morgan fingerprint density at radius 1 is 1.43 bits per heavy atom. The van der Waals surface area contributed by atoms with Crippen LogP contribution in [-0.4, -0.2) is 48.0 Å². The van der Waals surface area contributed by atoms with E-state index in [1.54, 1.807) is 6.07 Å². The summed E-state index contributed by atoms with van der Waals surface area (Å²) in [5.74, 6) is -0.288. The molecule has 2 rings (SSSR count). The highest BCUT2D eigenvalue weighted by atomic mass is 79.9. The summed E-state index contributed by atoms with van der Waals surface area (Å²) in [6, 6.07) is 4.95. The molecule has 0 aliphatic carbocycles. The van der Waals surface area contributed by atoms with E-state index in [4.69, 9.17) is 4.74 Å². The second-order valence-electron chi connectivity index (χ2n) is 5.74. The molecule has 0 amide bonds. The number of benzene rings is 1. The predicted molar refractivity (Wildman–Crippen MR) is 84.9 cm³/mol. The molecule has 0 saturated carbocycles. The Morgan fingerprint density at radius 3 is 2.71 bits per heavy atom. The summed E-state index contributed by atoms with van der Waals surface area (Å²) in [5.41, 5.74) is 0.477. The molecule has 1 aromatic carbocycles. The third-order valence-electron chi connectivity index (χ3n) is 4.61. The van der Waals surface area contributed by atoms with E-state index in [0.29, 0.717) is 24.1 Å². The molecule has 1 heterocycles. The van der Waals surface area contributed by atoms with Gasteiger partial charge in [0.15, 0.2) is 0 Å². The average Bonchev–Trinajstić information content (AvgIpc) is 2.51. The van der Waals surface area contributed by atoms with E-state index in [1.807, 2.05) is 6.07 Å². The van der Waals surface area contributed by atoms with E-state index in [9.17, 15) is 9.50 Å². The summed E-state index contributed by atoms with van der Waals surface area (Å²) in [6.45, 7) is 7.21. The molecule has 1 aliphatic rings. The van der Waals surface area contributed by atoms with Crippen molar-refractivity contribution < 1.29 is 14.2 Å². The quantitative estimate of drug-likeness (QED) is 0.876. The lowest BCUT2D eigenvalue weighted by Gasteiger charge is -2.46. The summed E-state index contributed by atoms with van der Waals surface area (Å²) in [7, 11) is 0. The number of aliphatic hydroxyl groups excluding tert-OH is 1. The smallest absolute Gasteiger partial charge is 0.137 e. The number of rotatable bonds is 5. The minimum atomic E-state index is -0.557. The van der Waals surface area contributed by atoms with Crippen LogP contribution in [0, 0.1) is 5.82 Å². The summed E-state index contributed by atoms with van der Waals surface area (Å²) >= 11 is 3.27. The van der Waals surface area contributed by atoms with Crippen molar-refractivity contribution in [1.82, 2.24) is 4.90 Å². The molecule has 0 radical (unpaired) electrons. The molecule has 0 aromatic heterocycles. The van der Waals surface area contributed by atoms with Gasteiger partial charge in [-0.2, -0.15) is 0 Å². The lowest BCUT2D eigenvalue weighted by atomic mass is 9.85. The van der Waals surface area contributed by atoms with E-state index in [1.165, 1.54) is 6.07 Å². The molecule has 1 fully saturated rings. The van der Waals surface area contributed by atoms with Gasteiger partial charge in [0.2, 0.25) is 0 Å². The lowest BCUT2D eigenvalue weighted by molar-refractivity contribution is -0.0714. The zero-order valence-corrected chi connectivity index (χ0v) is 14.2. The Bertz CT molecular complexity index is 479. The van der Waals surface area contributed by atoms with Gasteiger partial charge in [0.25, 0.3) is 0 Å². The topological polar surface area (TPSA) is 32.7 Å². The largest absolute Gasteiger partial charge is 0.391 e. The van der Waals surface area contributed by atoms with Gasteiger partial charge in [0.1, 0.15) is 5.82 Å². The molecule has 1 saturated heterocycles. The van der Waals surface area contributed by atoms with Crippen LogP contribution in [0.3, 0.4) is 0 Å². The zero-order chi connectivity index (χ0) is 15.5. The summed E-state index contributed by atoms with van der Waals surface area (Å²) < 4.78 is 19.4. The Kier molecular flexibility index (Phi) is 5.77. The SMILES string of the molecule is CCC(C)(C(O)Cc1cccc(F)c1Br)N1CCOCC1. The van der Waals surface area contributed by atoms with Crippen LogP contribution in [0.4, 0.5) is 4.39 Å². The third kappa shape index (κ3) is 3.65. The van der Waals surface area contributed by atoms with Gasteiger partial charge in [0.05, 0.1) is 23.8 Å². The van der Waals surface area contributed by atoms with Crippen molar-refractivity contribution in [2.24, 2.45) is 0 Å². The van der Waals surface area contributed by atoms with Crippen molar-refractivity contribution in [1.29, 1.82) is 0 Å². The van der Waals surface area contributed by atoms with Crippen molar-refractivity contribution in [3.63, 3.8) is 0 Å². The molecule has 1 aliphatic heterocycles. The highest BCUT2D eigenvalue weighted by Crippen LogP contribution is 2.29. The Balaban J connectivity index is 2.15. The standard InChI is InChI=1S/C16H23BrFNO2/c1-3-16(2,19-7-9-21-10-8-19)14(20)11-12-5-4-6-13(18)15(12)17/h4-6,14,20H,3,7-11H2,1-2H3. The van der Waals surface area contributed by atoms with Gasteiger partial charge in [-0.3, -0.25) is 4.90 Å².